The van der Waals surface area contributed by atoms with E-state index in [1.807, 2.05) is 49.4 Å². The summed E-state index contributed by atoms with van der Waals surface area (Å²) in [4.78, 5) is 23.1. The molecular weight excluding hydrogens is 503 g/mol. The van der Waals surface area contributed by atoms with Gasteiger partial charge < -0.3 is 23.9 Å². The van der Waals surface area contributed by atoms with Gasteiger partial charge in [0.15, 0.2) is 0 Å². The Morgan fingerprint density at radius 2 is 1.56 bits per heavy atom. The topological polar surface area (TPSA) is 87.9 Å². The summed E-state index contributed by atoms with van der Waals surface area (Å²) in [5.41, 5.74) is 4.02. The van der Waals surface area contributed by atoms with Gasteiger partial charge in [-0.05, 0) is 47.4 Å². The molecule has 0 atom stereocenters. The summed E-state index contributed by atoms with van der Waals surface area (Å²) >= 11 is 0. The molecule has 0 saturated heterocycles. The molecule has 0 aliphatic heterocycles. The summed E-state index contributed by atoms with van der Waals surface area (Å²) in [7, 11) is 2.77. The van der Waals surface area contributed by atoms with Crippen molar-refractivity contribution in [2.75, 3.05) is 14.2 Å². The molecule has 0 amide bonds. The molecule has 0 N–H and O–H groups in total. The van der Waals surface area contributed by atoms with Gasteiger partial charge in [0.2, 0.25) is 0 Å². The van der Waals surface area contributed by atoms with Gasteiger partial charge in [-0.1, -0.05) is 65.8 Å². The number of rotatable bonds is 14. The summed E-state index contributed by atoms with van der Waals surface area (Å²) in [5.74, 6) is -0.0936. The highest BCUT2D eigenvalue weighted by Gasteiger charge is 2.16. The van der Waals surface area contributed by atoms with Crippen LogP contribution in [-0.2, 0) is 43.8 Å². The third-order valence-electron chi connectivity index (χ3n) is 5.46. The second kappa shape index (κ2) is 15.6. The molecule has 3 aromatic carbocycles. The minimum atomic E-state index is -0.515. The van der Waals surface area contributed by atoms with Crippen molar-refractivity contribution in [3.8, 4) is 5.75 Å². The van der Waals surface area contributed by atoms with E-state index in [9.17, 15) is 9.18 Å². The van der Waals surface area contributed by atoms with Crippen LogP contribution >= 0.6 is 0 Å². The van der Waals surface area contributed by atoms with Crippen LogP contribution in [0.2, 0.25) is 0 Å². The van der Waals surface area contributed by atoms with E-state index in [2.05, 4.69) is 10.3 Å². The van der Waals surface area contributed by atoms with E-state index in [4.69, 9.17) is 23.9 Å². The lowest BCUT2D eigenvalue weighted by atomic mass is 10.0. The maximum atomic E-state index is 13.0. The summed E-state index contributed by atoms with van der Waals surface area (Å²) in [5, 5.41) is 8.13. The summed E-state index contributed by atoms with van der Waals surface area (Å²) in [6.07, 6.45) is 3.41. The zero-order valence-electron chi connectivity index (χ0n) is 22.1. The number of ether oxygens (including phenoxy) is 3. The summed E-state index contributed by atoms with van der Waals surface area (Å²) < 4.78 is 28.6. The standard InChI is InChI=1S/C30H31FN2O6/c1-4-26(33-39-20-24-7-5-6-8-28(24)29(21-35-2)30(34)36-3)17-32-38-19-23-11-15-27(16-12-23)37-18-22-9-13-25(31)14-10-22/h5-17,21H,4,18-20H2,1-3H3/b29-21-,32-17+,33-26-. The third kappa shape index (κ3) is 9.30. The molecule has 0 aliphatic rings. The molecular formula is C30H31FN2O6. The lowest BCUT2D eigenvalue weighted by Crippen LogP contribution is -2.07. The van der Waals surface area contributed by atoms with Gasteiger partial charge in [0.05, 0.1) is 26.7 Å². The minimum absolute atomic E-state index is 0.127. The Bertz CT molecular complexity index is 1290. The number of methoxy groups -OCH3 is 2. The molecule has 9 heteroatoms. The van der Waals surface area contributed by atoms with Crippen LogP contribution < -0.4 is 4.74 Å². The number of hydrogen-bond donors (Lipinski definition) is 0. The maximum Gasteiger partial charge on any atom is 0.341 e. The van der Waals surface area contributed by atoms with Crippen LogP contribution in [0.15, 0.2) is 89.4 Å². The number of oxime groups is 2. The molecule has 0 bridgehead atoms. The molecule has 204 valence electrons. The fourth-order valence-corrected chi connectivity index (χ4v) is 3.36. The normalized spacial score (nSPS) is 11.8. The molecule has 0 heterocycles. The van der Waals surface area contributed by atoms with Crippen molar-refractivity contribution in [2.24, 2.45) is 10.3 Å². The second-order valence-corrected chi connectivity index (χ2v) is 8.19. The first-order chi connectivity index (χ1) is 19.0. The van der Waals surface area contributed by atoms with Crippen LogP contribution in [0.1, 0.15) is 35.6 Å². The largest absolute Gasteiger partial charge is 0.503 e. The van der Waals surface area contributed by atoms with Gasteiger partial charge >= 0.3 is 5.97 Å². The van der Waals surface area contributed by atoms with Crippen molar-refractivity contribution < 1.29 is 33.1 Å². The predicted molar refractivity (Wildman–Crippen MR) is 146 cm³/mol. The van der Waals surface area contributed by atoms with Gasteiger partial charge in [-0.2, -0.15) is 0 Å². The molecule has 0 spiro atoms. The number of nitrogens with zero attached hydrogens (tertiary/aromatic N) is 2. The summed E-state index contributed by atoms with van der Waals surface area (Å²) in [6, 6.07) is 20.9. The molecule has 3 aromatic rings. The molecule has 0 aromatic heterocycles. The molecule has 0 aliphatic carbocycles. The minimum Gasteiger partial charge on any atom is -0.503 e. The highest BCUT2D eigenvalue weighted by atomic mass is 19.1. The number of halogens is 1. The number of hydrogen-bond acceptors (Lipinski definition) is 8. The van der Waals surface area contributed by atoms with Crippen LogP contribution in [0, 0.1) is 5.82 Å². The van der Waals surface area contributed by atoms with Crippen LogP contribution in [-0.4, -0.2) is 32.1 Å². The van der Waals surface area contributed by atoms with Gasteiger partial charge in [-0.25, -0.2) is 9.18 Å². The third-order valence-corrected chi connectivity index (χ3v) is 5.46. The Morgan fingerprint density at radius 3 is 2.26 bits per heavy atom. The molecule has 39 heavy (non-hydrogen) atoms. The first-order valence-electron chi connectivity index (χ1n) is 12.2. The van der Waals surface area contributed by atoms with E-state index in [0.717, 1.165) is 16.7 Å². The Hall–Kier alpha value is -4.66. The first kappa shape index (κ1) is 28.9. The zero-order chi connectivity index (χ0) is 27.9. The smallest absolute Gasteiger partial charge is 0.341 e. The summed E-state index contributed by atoms with van der Waals surface area (Å²) in [6.45, 7) is 2.66. The molecule has 8 nitrogen and oxygen atoms in total. The molecule has 3 rings (SSSR count). The average molecular weight is 535 g/mol. The highest BCUT2D eigenvalue weighted by Crippen LogP contribution is 2.22. The van der Waals surface area contributed by atoms with E-state index in [1.165, 1.54) is 38.8 Å². The van der Waals surface area contributed by atoms with Crippen LogP contribution in [0.25, 0.3) is 5.57 Å². The Morgan fingerprint density at radius 1 is 0.872 bits per heavy atom. The predicted octanol–water partition coefficient (Wildman–Crippen LogP) is 6.05. The fraction of sp³-hybridized carbons (Fsp3) is 0.233. The van der Waals surface area contributed by atoms with E-state index < -0.39 is 5.97 Å². The molecule has 0 saturated carbocycles. The van der Waals surface area contributed by atoms with Crippen molar-refractivity contribution >= 4 is 23.5 Å². The molecule has 0 unspecified atom stereocenters. The second-order valence-electron chi connectivity index (χ2n) is 8.19. The first-order valence-corrected chi connectivity index (χ1v) is 12.2. The quantitative estimate of drug-likeness (QED) is 0.0823. The van der Waals surface area contributed by atoms with E-state index >= 15 is 0 Å². The van der Waals surface area contributed by atoms with Gasteiger partial charge in [0.25, 0.3) is 0 Å². The van der Waals surface area contributed by atoms with Crippen molar-refractivity contribution in [3.63, 3.8) is 0 Å². The molecule has 0 fully saturated rings. The lowest BCUT2D eigenvalue weighted by Gasteiger charge is -2.11. The van der Waals surface area contributed by atoms with Crippen molar-refractivity contribution in [2.45, 2.75) is 33.2 Å². The van der Waals surface area contributed by atoms with Crippen molar-refractivity contribution in [1.82, 2.24) is 0 Å². The van der Waals surface area contributed by atoms with Gasteiger partial charge in [-0.3, -0.25) is 0 Å². The van der Waals surface area contributed by atoms with Gasteiger partial charge in [0, 0.05) is 5.56 Å². The van der Waals surface area contributed by atoms with Gasteiger partial charge in [-0.15, -0.1) is 0 Å². The van der Waals surface area contributed by atoms with Crippen LogP contribution in [0.4, 0.5) is 4.39 Å². The van der Waals surface area contributed by atoms with E-state index in [0.29, 0.717) is 30.1 Å². The fourth-order valence-electron chi connectivity index (χ4n) is 3.36. The number of benzene rings is 3. The maximum absolute atomic E-state index is 13.0. The monoisotopic (exact) mass is 534 g/mol. The number of carbonyl (C=O) groups is 1. The van der Waals surface area contributed by atoms with Crippen molar-refractivity contribution in [3.05, 3.63) is 107 Å². The Kier molecular flexibility index (Phi) is 11.5. The zero-order valence-corrected chi connectivity index (χ0v) is 22.1. The highest BCUT2D eigenvalue weighted by molar-refractivity contribution is 6.30. The number of esters is 1. The van der Waals surface area contributed by atoms with Crippen molar-refractivity contribution in [1.29, 1.82) is 0 Å². The Balaban J connectivity index is 1.49. The van der Waals surface area contributed by atoms with Crippen LogP contribution in [0.3, 0.4) is 0 Å². The van der Waals surface area contributed by atoms with E-state index in [1.54, 1.807) is 18.2 Å². The van der Waals surface area contributed by atoms with Crippen LogP contribution in [0.5, 0.6) is 5.75 Å². The van der Waals surface area contributed by atoms with E-state index in [-0.39, 0.29) is 24.6 Å². The van der Waals surface area contributed by atoms with Gasteiger partial charge in [0.1, 0.15) is 42.7 Å². The number of carbonyl (C=O) groups excluding carboxylic acids is 1. The molecule has 0 radical (unpaired) electrons. The average Bonchev–Trinajstić information content (AvgIpc) is 2.97. The SMILES string of the molecule is CCC(/C=N/OCc1ccc(OCc2ccc(F)cc2)cc1)=N/OCc1ccccc1/C(=C/OC)C(=O)OC. The Labute approximate surface area is 227 Å². The lowest BCUT2D eigenvalue weighted by molar-refractivity contribution is -0.133.